The van der Waals surface area contributed by atoms with Gasteiger partial charge in [0.05, 0.1) is 7.11 Å². The third-order valence-corrected chi connectivity index (χ3v) is 3.52. The lowest BCUT2D eigenvalue weighted by Gasteiger charge is -2.12. The number of halogens is 1. The number of methoxy groups -OCH3 is 1. The van der Waals surface area contributed by atoms with Gasteiger partial charge in [-0.2, -0.15) is 0 Å². The Balaban J connectivity index is 2.28. The molecule has 0 aliphatic rings. The van der Waals surface area contributed by atoms with Gasteiger partial charge in [-0.25, -0.2) is 4.79 Å². The van der Waals surface area contributed by atoms with Gasteiger partial charge in [0, 0.05) is 24.7 Å². The summed E-state index contributed by atoms with van der Waals surface area (Å²) in [7, 11) is 1.59. The van der Waals surface area contributed by atoms with Crippen LogP contribution in [0.4, 0.5) is 4.79 Å². The molecule has 1 rings (SSSR count). The molecule has 1 atom stereocenters. The molecule has 118 valence electrons. The predicted molar refractivity (Wildman–Crippen MR) is 84.0 cm³/mol. The monoisotopic (exact) mass is 314 g/mol. The summed E-state index contributed by atoms with van der Waals surface area (Å²) in [6.45, 7) is 3.18. The molecule has 6 heteroatoms. The standard InChI is InChI=1S/C15H23ClN2O3/c1-11(6-8-19)10-18-15(20)17-7-5-12-3-4-13(21-2)9-14(12)16/h3-4,9,11,19H,5-8,10H2,1-2H3,(H2,17,18,20). The molecule has 0 saturated carbocycles. The maximum absolute atomic E-state index is 11.6. The van der Waals surface area contributed by atoms with Gasteiger partial charge >= 0.3 is 6.03 Å². The zero-order valence-electron chi connectivity index (χ0n) is 12.5. The molecule has 0 aliphatic heterocycles. The quantitative estimate of drug-likeness (QED) is 0.689. The molecular formula is C15H23ClN2O3. The lowest BCUT2D eigenvalue weighted by Crippen LogP contribution is -2.38. The van der Waals surface area contributed by atoms with Crippen LogP contribution in [-0.4, -0.2) is 37.9 Å². The van der Waals surface area contributed by atoms with Gasteiger partial charge in [-0.05, 0) is 36.5 Å². The van der Waals surface area contributed by atoms with Crippen molar-refractivity contribution in [1.82, 2.24) is 10.6 Å². The minimum atomic E-state index is -0.204. The minimum absolute atomic E-state index is 0.139. The molecule has 0 radical (unpaired) electrons. The second kappa shape index (κ2) is 9.47. The van der Waals surface area contributed by atoms with Gasteiger partial charge in [0.2, 0.25) is 0 Å². The molecule has 5 nitrogen and oxygen atoms in total. The van der Waals surface area contributed by atoms with Crippen LogP contribution in [0.2, 0.25) is 5.02 Å². The van der Waals surface area contributed by atoms with Crippen LogP contribution >= 0.6 is 11.6 Å². The van der Waals surface area contributed by atoms with Crippen molar-refractivity contribution < 1.29 is 14.6 Å². The molecule has 0 spiro atoms. The molecule has 1 unspecified atom stereocenters. The average molecular weight is 315 g/mol. The van der Waals surface area contributed by atoms with E-state index in [1.54, 1.807) is 13.2 Å². The lowest BCUT2D eigenvalue weighted by molar-refractivity contribution is 0.234. The third kappa shape index (κ3) is 6.69. The molecule has 1 aromatic carbocycles. The molecule has 0 fully saturated rings. The number of urea groups is 1. The van der Waals surface area contributed by atoms with Crippen molar-refractivity contribution in [2.45, 2.75) is 19.8 Å². The smallest absolute Gasteiger partial charge is 0.314 e. The van der Waals surface area contributed by atoms with E-state index in [1.165, 1.54) is 0 Å². The van der Waals surface area contributed by atoms with Crippen LogP contribution in [-0.2, 0) is 6.42 Å². The summed E-state index contributed by atoms with van der Waals surface area (Å²) < 4.78 is 5.08. The molecule has 21 heavy (non-hydrogen) atoms. The maximum Gasteiger partial charge on any atom is 0.314 e. The van der Waals surface area contributed by atoms with E-state index in [2.05, 4.69) is 10.6 Å². The average Bonchev–Trinajstić information content (AvgIpc) is 2.47. The molecule has 0 bridgehead atoms. The highest BCUT2D eigenvalue weighted by atomic mass is 35.5. The fourth-order valence-electron chi connectivity index (χ4n) is 1.82. The number of hydrogen-bond donors (Lipinski definition) is 3. The van der Waals surface area contributed by atoms with Crippen molar-refractivity contribution in [3.63, 3.8) is 0 Å². The zero-order chi connectivity index (χ0) is 15.7. The Morgan fingerprint density at radius 2 is 2.19 bits per heavy atom. The van der Waals surface area contributed by atoms with E-state index >= 15 is 0 Å². The van der Waals surface area contributed by atoms with E-state index in [4.69, 9.17) is 21.4 Å². The number of benzene rings is 1. The van der Waals surface area contributed by atoms with Crippen molar-refractivity contribution >= 4 is 17.6 Å². The summed E-state index contributed by atoms with van der Waals surface area (Å²) in [6.07, 6.45) is 1.34. The Labute approximate surface area is 130 Å². The maximum atomic E-state index is 11.6. The summed E-state index contributed by atoms with van der Waals surface area (Å²) in [5.74, 6) is 0.976. The van der Waals surface area contributed by atoms with E-state index in [0.29, 0.717) is 36.7 Å². The predicted octanol–water partition coefficient (Wildman–Crippen LogP) is 2.21. The largest absolute Gasteiger partial charge is 0.497 e. The van der Waals surface area contributed by atoms with Crippen LogP contribution in [0.25, 0.3) is 0 Å². The molecule has 1 aromatic rings. The first-order chi connectivity index (χ1) is 10.1. The number of aliphatic hydroxyl groups excluding tert-OH is 1. The summed E-state index contributed by atoms with van der Waals surface area (Å²) >= 11 is 6.13. The number of carbonyl (C=O) groups excluding carboxylic acids is 1. The van der Waals surface area contributed by atoms with Crippen LogP contribution in [0.15, 0.2) is 18.2 Å². The van der Waals surface area contributed by atoms with Gasteiger partial charge in [0.25, 0.3) is 0 Å². The Bertz CT molecular complexity index is 455. The molecule has 0 aromatic heterocycles. The normalized spacial score (nSPS) is 11.8. The summed E-state index contributed by atoms with van der Waals surface area (Å²) in [5, 5.41) is 15.0. The number of ether oxygens (including phenoxy) is 1. The summed E-state index contributed by atoms with van der Waals surface area (Å²) in [6, 6.07) is 5.29. The highest BCUT2D eigenvalue weighted by molar-refractivity contribution is 6.31. The van der Waals surface area contributed by atoms with Crippen molar-refractivity contribution in [3.8, 4) is 5.75 Å². The Hall–Kier alpha value is -1.46. The number of carbonyl (C=O) groups is 1. The lowest BCUT2D eigenvalue weighted by atomic mass is 10.1. The van der Waals surface area contributed by atoms with E-state index < -0.39 is 0 Å². The van der Waals surface area contributed by atoms with Crippen LogP contribution in [0, 0.1) is 5.92 Å². The number of rotatable bonds is 8. The van der Waals surface area contributed by atoms with Crippen LogP contribution in [0.5, 0.6) is 5.75 Å². The van der Waals surface area contributed by atoms with Crippen molar-refractivity contribution in [1.29, 1.82) is 0 Å². The summed E-state index contributed by atoms with van der Waals surface area (Å²) in [5.41, 5.74) is 0.964. The van der Waals surface area contributed by atoms with E-state index in [1.807, 2.05) is 19.1 Å². The minimum Gasteiger partial charge on any atom is -0.497 e. The van der Waals surface area contributed by atoms with E-state index in [9.17, 15) is 4.79 Å². The zero-order valence-corrected chi connectivity index (χ0v) is 13.2. The highest BCUT2D eigenvalue weighted by Gasteiger charge is 2.06. The second-order valence-corrected chi connectivity index (χ2v) is 5.37. The van der Waals surface area contributed by atoms with E-state index in [-0.39, 0.29) is 18.6 Å². The number of amides is 2. The molecule has 0 saturated heterocycles. The first kappa shape index (κ1) is 17.6. The Morgan fingerprint density at radius 3 is 2.81 bits per heavy atom. The van der Waals surface area contributed by atoms with Gasteiger partial charge in [0.15, 0.2) is 0 Å². The fourth-order valence-corrected chi connectivity index (χ4v) is 2.09. The van der Waals surface area contributed by atoms with Gasteiger partial charge in [-0.15, -0.1) is 0 Å². The number of nitrogens with one attached hydrogen (secondary N) is 2. The number of aliphatic hydroxyl groups is 1. The van der Waals surface area contributed by atoms with Gasteiger partial charge in [-0.3, -0.25) is 0 Å². The molecule has 2 amide bonds. The van der Waals surface area contributed by atoms with Crippen LogP contribution in [0.1, 0.15) is 18.9 Å². The second-order valence-electron chi connectivity index (χ2n) is 4.96. The Kier molecular flexibility index (Phi) is 7.93. The van der Waals surface area contributed by atoms with Gasteiger partial charge in [-0.1, -0.05) is 24.6 Å². The molecular weight excluding hydrogens is 292 g/mol. The van der Waals surface area contributed by atoms with Crippen molar-refractivity contribution in [2.24, 2.45) is 5.92 Å². The summed E-state index contributed by atoms with van der Waals surface area (Å²) in [4.78, 5) is 11.6. The Morgan fingerprint density at radius 1 is 1.43 bits per heavy atom. The van der Waals surface area contributed by atoms with Crippen LogP contribution < -0.4 is 15.4 Å². The number of hydrogen-bond acceptors (Lipinski definition) is 3. The van der Waals surface area contributed by atoms with Crippen molar-refractivity contribution in [3.05, 3.63) is 28.8 Å². The van der Waals surface area contributed by atoms with E-state index in [0.717, 1.165) is 5.56 Å². The molecule has 0 heterocycles. The van der Waals surface area contributed by atoms with Gasteiger partial charge < -0.3 is 20.5 Å². The first-order valence-electron chi connectivity index (χ1n) is 7.01. The fraction of sp³-hybridized carbons (Fsp3) is 0.533. The van der Waals surface area contributed by atoms with Gasteiger partial charge in [0.1, 0.15) is 5.75 Å². The molecule has 0 aliphatic carbocycles. The van der Waals surface area contributed by atoms with Crippen LogP contribution in [0.3, 0.4) is 0 Å². The topological polar surface area (TPSA) is 70.6 Å². The third-order valence-electron chi connectivity index (χ3n) is 3.17. The van der Waals surface area contributed by atoms with Crippen molar-refractivity contribution in [2.75, 3.05) is 26.8 Å². The SMILES string of the molecule is COc1ccc(CCNC(=O)NCC(C)CCO)c(Cl)c1. The highest BCUT2D eigenvalue weighted by Crippen LogP contribution is 2.22. The first-order valence-corrected chi connectivity index (χ1v) is 7.39. The molecule has 3 N–H and O–H groups in total.